The molecule has 1 aliphatic heterocycles. The Morgan fingerprint density at radius 1 is 0.792 bits per heavy atom. The quantitative estimate of drug-likeness (QED) is 0.0670. The Hall–Kier alpha value is -5.69. The number of amides is 4. The monoisotopic (exact) mass is 715 g/mol. The van der Waals surface area contributed by atoms with Gasteiger partial charge in [-0.2, -0.15) is 0 Å². The molecule has 5 rings (SSSR count). The standard InChI is InChI=1S/C35H30BrN3O9/c1-3-45-30-18-23(10-15-29(30)47-20-22-8-6-5-7-9-22)21-48-32-28(36)17-24(19-31(32)46-4-2)16-27-33(40)37-35(42)38(34(27)41)25-11-13-26(14-12-25)39(43)44/h5-19H,3-4,20-21H2,1-2H3,(H,37,40,42)/b27-16-. The number of ether oxygens (including phenoxy) is 4. The fourth-order valence-corrected chi connectivity index (χ4v) is 5.35. The summed E-state index contributed by atoms with van der Waals surface area (Å²) in [6.45, 7) is 4.99. The second kappa shape index (κ2) is 15.3. The van der Waals surface area contributed by atoms with Crippen LogP contribution in [0, 0.1) is 10.1 Å². The number of carbonyl (C=O) groups excluding carboxylic acids is 3. The van der Waals surface area contributed by atoms with Gasteiger partial charge in [-0.25, -0.2) is 9.69 Å². The van der Waals surface area contributed by atoms with Crippen molar-refractivity contribution in [3.63, 3.8) is 0 Å². The summed E-state index contributed by atoms with van der Waals surface area (Å²) in [5.41, 5.74) is 1.77. The number of carbonyl (C=O) groups is 3. The number of benzene rings is 4. The van der Waals surface area contributed by atoms with E-state index in [0.717, 1.165) is 28.2 Å². The molecule has 4 aromatic carbocycles. The van der Waals surface area contributed by atoms with Crippen LogP contribution < -0.4 is 29.2 Å². The van der Waals surface area contributed by atoms with Crippen molar-refractivity contribution in [1.82, 2.24) is 5.32 Å². The van der Waals surface area contributed by atoms with Gasteiger partial charge in [-0.05, 0) is 88.9 Å². The van der Waals surface area contributed by atoms with Crippen LogP contribution in [0.25, 0.3) is 6.08 Å². The Morgan fingerprint density at radius 2 is 1.48 bits per heavy atom. The third kappa shape index (κ3) is 7.81. The van der Waals surface area contributed by atoms with Crippen LogP contribution in [0.3, 0.4) is 0 Å². The molecule has 1 saturated heterocycles. The van der Waals surface area contributed by atoms with Gasteiger partial charge < -0.3 is 18.9 Å². The summed E-state index contributed by atoms with van der Waals surface area (Å²) in [5, 5.41) is 13.2. The molecule has 12 nitrogen and oxygen atoms in total. The SMILES string of the molecule is CCOc1cc(COc2c(Br)cc(/C=C3/C(=O)NC(=O)N(c4ccc([N+](=O)[O-])cc4)C3=O)cc2OCC)ccc1OCc1ccccc1. The number of anilines is 1. The third-order valence-electron chi connectivity index (χ3n) is 6.99. The number of nitro benzene ring substituents is 1. The Morgan fingerprint density at radius 3 is 2.17 bits per heavy atom. The number of imide groups is 2. The van der Waals surface area contributed by atoms with Crippen molar-refractivity contribution in [2.75, 3.05) is 18.1 Å². The van der Waals surface area contributed by atoms with Gasteiger partial charge in [0, 0.05) is 12.1 Å². The fraction of sp³-hybridized carbons (Fsp3) is 0.171. The van der Waals surface area contributed by atoms with Crippen molar-refractivity contribution in [2.24, 2.45) is 0 Å². The first kappa shape index (κ1) is 33.7. The van der Waals surface area contributed by atoms with Gasteiger partial charge in [-0.1, -0.05) is 36.4 Å². The molecule has 0 atom stereocenters. The van der Waals surface area contributed by atoms with Crippen LogP contribution in [0.2, 0.25) is 0 Å². The Labute approximate surface area is 284 Å². The summed E-state index contributed by atoms with van der Waals surface area (Å²) in [6, 6.07) is 22.5. The number of nitro groups is 1. The van der Waals surface area contributed by atoms with E-state index in [1.54, 1.807) is 19.1 Å². The summed E-state index contributed by atoms with van der Waals surface area (Å²) in [6.07, 6.45) is 1.32. The second-order valence-electron chi connectivity index (χ2n) is 10.3. The van der Waals surface area contributed by atoms with E-state index >= 15 is 0 Å². The molecule has 13 heteroatoms. The molecule has 0 spiro atoms. The molecule has 4 amide bonds. The number of rotatable bonds is 13. The predicted octanol–water partition coefficient (Wildman–Crippen LogP) is 6.98. The Kier molecular flexibility index (Phi) is 10.7. The average Bonchev–Trinajstić information content (AvgIpc) is 3.07. The topological polar surface area (TPSA) is 147 Å². The zero-order valence-electron chi connectivity index (χ0n) is 25.9. The molecule has 0 aliphatic carbocycles. The Balaban J connectivity index is 1.36. The van der Waals surface area contributed by atoms with Gasteiger partial charge in [0.1, 0.15) is 18.8 Å². The van der Waals surface area contributed by atoms with Crippen molar-refractivity contribution < 1.29 is 38.3 Å². The lowest BCUT2D eigenvalue weighted by Gasteiger charge is -2.26. The van der Waals surface area contributed by atoms with Crippen molar-refractivity contribution in [3.8, 4) is 23.0 Å². The highest BCUT2D eigenvalue weighted by atomic mass is 79.9. The predicted molar refractivity (Wildman–Crippen MR) is 180 cm³/mol. The van der Waals surface area contributed by atoms with Gasteiger partial charge in [-0.15, -0.1) is 0 Å². The average molecular weight is 717 g/mol. The van der Waals surface area contributed by atoms with Crippen LogP contribution in [0.4, 0.5) is 16.2 Å². The molecule has 0 bridgehead atoms. The highest BCUT2D eigenvalue weighted by molar-refractivity contribution is 9.10. The molecule has 4 aromatic rings. The molecule has 1 aliphatic rings. The fourth-order valence-electron chi connectivity index (χ4n) is 4.78. The molecule has 0 aromatic heterocycles. The maximum atomic E-state index is 13.4. The number of non-ortho nitro benzene ring substituents is 1. The van der Waals surface area contributed by atoms with Crippen LogP contribution in [0.5, 0.6) is 23.0 Å². The van der Waals surface area contributed by atoms with Gasteiger partial charge in [-0.3, -0.25) is 25.0 Å². The Bertz CT molecular complexity index is 1880. The molecule has 246 valence electrons. The van der Waals surface area contributed by atoms with E-state index in [2.05, 4.69) is 21.2 Å². The van der Waals surface area contributed by atoms with Gasteiger partial charge in [0.25, 0.3) is 17.5 Å². The van der Waals surface area contributed by atoms with Crippen LogP contribution in [-0.2, 0) is 22.8 Å². The third-order valence-corrected chi connectivity index (χ3v) is 7.58. The molecular weight excluding hydrogens is 686 g/mol. The zero-order chi connectivity index (χ0) is 34.2. The number of nitrogens with zero attached hydrogens (tertiary/aromatic N) is 2. The highest BCUT2D eigenvalue weighted by Gasteiger charge is 2.37. The molecule has 48 heavy (non-hydrogen) atoms. The molecule has 0 radical (unpaired) electrons. The smallest absolute Gasteiger partial charge is 0.335 e. The minimum atomic E-state index is -0.973. The molecule has 0 saturated carbocycles. The van der Waals surface area contributed by atoms with Crippen molar-refractivity contribution in [3.05, 3.63) is 122 Å². The van der Waals surface area contributed by atoms with Gasteiger partial charge in [0.2, 0.25) is 0 Å². The summed E-state index contributed by atoms with van der Waals surface area (Å²) < 4.78 is 24.4. The first-order valence-corrected chi connectivity index (χ1v) is 15.6. The van der Waals surface area contributed by atoms with Crippen LogP contribution >= 0.6 is 15.9 Å². The maximum absolute atomic E-state index is 13.4. The minimum Gasteiger partial charge on any atom is -0.490 e. The summed E-state index contributed by atoms with van der Waals surface area (Å²) in [7, 11) is 0. The van der Waals surface area contributed by atoms with Crippen LogP contribution in [0.15, 0.2) is 95.0 Å². The summed E-state index contributed by atoms with van der Waals surface area (Å²) in [5.74, 6) is 0.139. The summed E-state index contributed by atoms with van der Waals surface area (Å²) in [4.78, 5) is 49.8. The lowest BCUT2D eigenvalue weighted by atomic mass is 10.1. The number of halogens is 1. The molecule has 1 N–H and O–H groups in total. The number of barbiturate groups is 1. The van der Waals surface area contributed by atoms with E-state index in [0.29, 0.717) is 52.9 Å². The molecule has 0 unspecified atom stereocenters. The van der Waals surface area contributed by atoms with Crippen molar-refractivity contribution in [1.29, 1.82) is 0 Å². The molecular formula is C35H30BrN3O9. The number of nitrogens with one attached hydrogen (secondary N) is 1. The lowest BCUT2D eigenvalue weighted by Crippen LogP contribution is -2.54. The van der Waals surface area contributed by atoms with E-state index in [1.807, 2.05) is 55.5 Å². The highest BCUT2D eigenvalue weighted by Crippen LogP contribution is 2.39. The zero-order valence-corrected chi connectivity index (χ0v) is 27.5. The normalized spacial score (nSPS) is 13.7. The van der Waals surface area contributed by atoms with Crippen molar-refractivity contribution >= 4 is 51.2 Å². The maximum Gasteiger partial charge on any atom is 0.335 e. The largest absolute Gasteiger partial charge is 0.490 e. The first-order valence-electron chi connectivity index (χ1n) is 14.9. The van der Waals surface area contributed by atoms with E-state index < -0.39 is 22.8 Å². The molecule has 1 fully saturated rings. The number of urea groups is 1. The van der Waals surface area contributed by atoms with Crippen LogP contribution in [-0.4, -0.2) is 36.0 Å². The van der Waals surface area contributed by atoms with Crippen molar-refractivity contribution in [2.45, 2.75) is 27.1 Å². The second-order valence-corrected chi connectivity index (χ2v) is 11.1. The van der Waals surface area contributed by atoms with E-state index in [9.17, 15) is 24.5 Å². The van der Waals surface area contributed by atoms with Crippen LogP contribution in [0.1, 0.15) is 30.5 Å². The van der Waals surface area contributed by atoms with E-state index in [1.165, 1.54) is 18.2 Å². The minimum absolute atomic E-state index is 0.0599. The van der Waals surface area contributed by atoms with Gasteiger partial charge in [0.15, 0.2) is 23.0 Å². The number of hydrogen-bond acceptors (Lipinski definition) is 9. The van der Waals surface area contributed by atoms with Gasteiger partial charge >= 0.3 is 6.03 Å². The van der Waals surface area contributed by atoms with E-state index in [4.69, 9.17) is 18.9 Å². The van der Waals surface area contributed by atoms with E-state index in [-0.39, 0.29) is 23.6 Å². The molecule has 1 heterocycles. The lowest BCUT2D eigenvalue weighted by molar-refractivity contribution is -0.384. The summed E-state index contributed by atoms with van der Waals surface area (Å²) >= 11 is 3.52. The number of hydrogen-bond donors (Lipinski definition) is 1. The van der Waals surface area contributed by atoms with Gasteiger partial charge in [0.05, 0.1) is 28.3 Å². The first-order chi connectivity index (χ1) is 23.2.